The van der Waals surface area contributed by atoms with Gasteiger partial charge in [-0.3, -0.25) is 0 Å². The van der Waals surface area contributed by atoms with Crippen molar-refractivity contribution >= 4 is 11.7 Å². The Labute approximate surface area is 90.6 Å². The maximum Gasteiger partial charge on any atom is 0.340 e. The predicted molar refractivity (Wildman–Crippen MR) is 52.8 cm³/mol. The highest BCUT2D eigenvalue weighted by atomic mass is 19.2. The summed E-state index contributed by atoms with van der Waals surface area (Å²) in [6.45, 7) is -0.131. The third kappa shape index (κ3) is 2.90. The quantitative estimate of drug-likeness (QED) is 0.462. The summed E-state index contributed by atoms with van der Waals surface area (Å²) < 4.78 is 30.2. The first kappa shape index (κ1) is 12.4. The fourth-order valence-electron chi connectivity index (χ4n) is 1.05. The first-order chi connectivity index (χ1) is 7.56. The van der Waals surface area contributed by atoms with Gasteiger partial charge in [0.2, 0.25) is 0 Å². The molecule has 0 radical (unpaired) electrons. The lowest BCUT2D eigenvalue weighted by molar-refractivity contribution is 0.0483. The van der Waals surface area contributed by atoms with Gasteiger partial charge >= 0.3 is 5.97 Å². The molecule has 0 unspecified atom stereocenters. The Morgan fingerprint density at radius 1 is 1.38 bits per heavy atom. The third-order valence-electron chi connectivity index (χ3n) is 1.85. The second-order valence-electron chi connectivity index (χ2n) is 3.07. The molecule has 0 aliphatic carbocycles. The Balaban J connectivity index is 2.79. The first-order valence-corrected chi connectivity index (χ1v) is 4.58. The van der Waals surface area contributed by atoms with E-state index in [-0.39, 0.29) is 30.9 Å². The zero-order valence-corrected chi connectivity index (χ0v) is 8.37. The van der Waals surface area contributed by atoms with E-state index in [1.807, 2.05) is 0 Å². The molecule has 0 aliphatic rings. The molecule has 0 atom stereocenters. The number of rotatable bonds is 4. The zero-order valence-electron chi connectivity index (χ0n) is 8.37. The number of aliphatic hydroxyl groups excluding tert-OH is 1. The Kier molecular flexibility index (Phi) is 4.19. The van der Waals surface area contributed by atoms with Crippen LogP contribution in [0.3, 0.4) is 0 Å². The number of benzene rings is 1. The monoisotopic (exact) mass is 231 g/mol. The highest BCUT2D eigenvalue weighted by molar-refractivity contribution is 5.95. The van der Waals surface area contributed by atoms with E-state index in [9.17, 15) is 13.6 Å². The lowest BCUT2D eigenvalue weighted by Gasteiger charge is -2.06. The normalized spacial score (nSPS) is 10.2. The van der Waals surface area contributed by atoms with Crippen molar-refractivity contribution in [3.63, 3.8) is 0 Å². The Hall–Kier alpha value is -1.69. The molecule has 3 N–H and O–H groups in total. The highest BCUT2D eigenvalue weighted by Gasteiger charge is 2.15. The van der Waals surface area contributed by atoms with Gasteiger partial charge in [0.05, 0.1) is 12.2 Å². The summed E-state index contributed by atoms with van der Waals surface area (Å²) in [6, 6.07) is 1.41. The maximum absolute atomic E-state index is 12.8. The summed E-state index contributed by atoms with van der Waals surface area (Å²) >= 11 is 0. The van der Waals surface area contributed by atoms with Crippen molar-refractivity contribution in [3.05, 3.63) is 29.3 Å². The van der Waals surface area contributed by atoms with E-state index in [1.165, 1.54) is 0 Å². The van der Waals surface area contributed by atoms with Gasteiger partial charge in [-0.05, 0) is 6.07 Å². The number of hydrogen-bond donors (Lipinski definition) is 2. The fourth-order valence-corrected chi connectivity index (χ4v) is 1.05. The Bertz CT molecular complexity index is 396. The second kappa shape index (κ2) is 5.41. The number of nitrogen functional groups attached to an aromatic ring is 1. The molecular formula is C10H11F2NO3. The smallest absolute Gasteiger partial charge is 0.340 e. The van der Waals surface area contributed by atoms with Gasteiger partial charge in [0.1, 0.15) is 0 Å². The molecule has 4 nitrogen and oxygen atoms in total. The van der Waals surface area contributed by atoms with Crippen molar-refractivity contribution in [2.24, 2.45) is 0 Å². The Morgan fingerprint density at radius 3 is 2.62 bits per heavy atom. The van der Waals surface area contributed by atoms with Crippen molar-refractivity contribution in [3.8, 4) is 0 Å². The molecule has 0 aromatic heterocycles. The van der Waals surface area contributed by atoms with Crippen molar-refractivity contribution in [1.82, 2.24) is 0 Å². The van der Waals surface area contributed by atoms with Crippen LogP contribution in [-0.2, 0) is 4.74 Å². The fraction of sp³-hybridized carbons (Fsp3) is 0.300. The lowest BCUT2D eigenvalue weighted by atomic mass is 10.1. The summed E-state index contributed by atoms with van der Waals surface area (Å²) in [5, 5.41) is 8.46. The molecular weight excluding hydrogens is 220 g/mol. The van der Waals surface area contributed by atoms with E-state index in [0.717, 1.165) is 6.07 Å². The molecule has 0 bridgehead atoms. The van der Waals surface area contributed by atoms with Gasteiger partial charge in [-0.1, -0.05) is 0 Å². The third-order valence-corrected chi connectivity index (χ3v) is 1.85. The largest absolute Gasteiger partial charge is 0.462 e. The maximum atomic E-state index is 12.8. The van der Waals surface area contributed by atoms with Crippen LogP contribution in [0.5, 0.6) is 0 Å². The number of anilines is 1. The predicted octanol–water partition coefficient (Wildman–Crippen LogP) is 1.09. The topological polar surface area (TPSA) is 72.6 Å². The molecule has 1 rings (SSSR count). The number of carbonyl (C=O) groups is 1. The molecule has 88 valence electrons. The van der Waals surface area contributed by atoms with Gasteiger partial charge in [-0.2, -0.15) is 0 Å². The average molecular weight is 231 g/mol. The molecule has 6 heteroatoms. The van der Waals surface area contributed by atoms with Crippen LogP contribution in [0, 0.1) is 11.6 Å². The minimum absolute atomic E-state index is 0.00618. The summed E-state index contributed by atoms with van der Waals surface area (Å²) in [7, 11) is 0. The van der Waals surface area contributed by atoms with Crippen LogP contribution in [-0.4, -0.2) is 24.3 Å². The highest BCUT2D eigenvalue weighted by Crippen LogP contribution is 2.17. The van der Waals surface area contributed by atoms with Crippen molar-refractivity contribution in [2.45, 2.75) is 6.42 Å². The standard InChI is InChI=1S/C10H11F2NO3/c11-7-4-6(9(13)5-8(7)12)10(15)16-3-1-2-14/h4-5,14H,1-3,13H2. The van der Waals surface area contributed by atoms with Gasteiger partial charge in [0.15, 0.2) is 11.6 Å². The Morgan fingerprint density at radius 2 is 2.00 bits per heavy atom. The van der Waals surface area contributed by atoms with E-state index in [2.05, 4.69) is 4.74 Å². The van der Waals surface area contributed by atoms with Gasteiger partial charge in [-0.25, -0.2) is 13.6 Å². The SMILES string of the molecule is Nc1cc(F)c(F)cc1C(=O)OCCCO. The summed E-state index contributed by atoms with van der Waals surface area (Å²) in [6.07, 6.45) is 0.273. The second-order valence-corrected chi connectivity index (χ2v) is 3.07. The van der Waals surface area contributed by atoms with Crippen LogP contribution in [0.15, 0.2) is 12.1 Å². The average Bonchev–Trinajstić information content (AvgIpc) is 2.23. The number of esters is 1. The van der Waals surface area contributed by atoms with Crippen LogP contribution in [0.25, 0.3) is 0 Å². The van der Waals surface area contributed by atoms with Crippen LogP contribution in [0.1, 0.15) is 16.8 Å². The molecule has 0 fully saturated rings. The van der Waals surface area contributed by atoms with Gasteiger partial charge in [-0.15, -0.1) is 0 Å². The molecule has 1 aromatic carbocycles. The van der Waals surface area contributed by atoms with Gasteiger partial charge < -0.3 is 15.6 Å². The summed E-state index contributed by atoms with van der Waals surface area (Å²) in [5.41, 5.74) is 4.93. The molecule has 0 heterocycles. The van der Waals surface area contributed by atoms with E-state index >= 15 is 0 Å². The first-order valence-electron chi connectivity index (χ1n) is 4.58. The zero-order chi connectivity index (χ0) is 12.1. The molecule has 0 aliphatic heterocycles. The van der Waals surface area contributed by atoms with E-state index < -0.39 is 17.6 Å². The minimum Gasteiger partial charge on any atom is -0.462 e. The van der Waals surface area contributed by atoms with Crippen LogP contribution < -0.4 is 5.73 Å². The van der Waals surface area contributed by atoms with E-state index in [4.69, 9.17) is 10.8 Å². The molecule has 16 heavy (non-hydrogen) atoms. The van der Waals surface area contributed by atoms with Gasteiger partial charge in [0, 0.05) is 24.8 Å². The molecule has 0 spiro atoms. The summed E-state index contributed by atoms with van der Waals surface area (Å²) in [5.74, 6) is -3.13. The molecule has 0 saturated heterocycles. The number of hydrogen-bond acceptors (Lipinski definition) is 4. The number of ether oxygens (including phenoxy) is 1. The van der Waals surface area contributed by atoms with Crippen LogP contribution in [0.4, 0.5) is 14.5 Å². The lowest BCUT2D eigenvalue weighted by Crippen LogP contribution is -2.11. The van der Waals surface area contributed by atoms with Crippen LogP contribution in [0.2, 0.25) is 0 Å². The summed E-state index contributed by atoms with van der Waals surface area (Å²) in [4.78, 5) is 11.3. The molecule has 0 amide bonds. The van der Waals surface area contributed by atoms with Crippen molar-refractivity contribution < 1.29 is 23.4 Å². The molecule has 1 aromatic rings. The number of nitrogens with two attached hydrogens (primary N) is 1. The minimum atomic E-state index is -1.16. The van der Waals surface area contributed by atoms with Crippen molar-refractivity contribution in [2.75, 3.05) is 18.9 Å². The van der Waals surface area contributed by atoms with Crippen LogP contribution >= 0.6 is 0 Å². The van der Waals surface area contributed by atoms with E-state index in [0.29, 0.717) is 6.07 Å². The number of aliphatic hydroxyl groups is 1. The number of carbonyl (C=O) groups excluding carboxylic acids is 1. The van der Waals surface area contributed by atoms with Crippen molar-refractivity contribution in [1.29, 1.82) is 0 Å². The van der Waals surface area contributed by atoms with Gasteiger partial charge in [0.25, 0.3) is 0 Å². The molecule has 0 saturated carbocycles. The number of halogens is 2. The van der Waals surface area contributed by atoms with E-state index in [1.54, 1.807) is 0 Å².